The van der Waals surface area contributed by atoms with Crippen molar-refractivity contribution >= 4 is 44.7 Å². The Morgan fingerprint density at radius 3 is 2.43 bits per heavy atom. The fraction of sp³-hybridized carbons (Fsp3) is 0.476. The molecule has 0 spiro atoms. The Balaban J connectivity index is 0.764. The number of likely N-dealkylation sites (tertiary alicyclic amines) is 1. The number of amides is 3. The Morgan fingerprint density at radius 1 is 0.862 bits per heavy atom. The van der Waals surface area contributed by atoms with Crippen molar-refractivity contribution < 1.29 is 27.5 Å². The van der Waals surface area contributed by atoms with Crippen LogP contribution < -0.4 is 20.9 Å². The lowest BCUT2D eigenvalue weighted by Crippen LogP contribution is -2.52. The minimum absolute atomic E-state index is 0.0120. The van der Waals surface area contributed by atoms with E-state index in [1.54, 1.807) is 47.5 Å². The van der Waals surface area contributed by atoms with Crippen LogP contribution in [0.25, 0.3) is 11.0 Å². The van der Waals surface area contributed by atoms with E-state index in [1.807, 2.05) is 22.8 Å². The van der Waals surface area contributed by atoms with Gasteiger partial charge in [-0.15, -0.1) is 0 Å². The molecular weight excluding hydrogens is 761 g/mol. The predicted molar refractivity (Wildman–Crippen MR) is 215 cm³/mol. The first-order chi connectivity index (χ1) is 28.1. The number of carbonyl (C=O) groups is 3. The average Bonchev–Trinajstić information content (AvgIpc) is 3.87. The molecule has 5 aliphatic rings. The second-order valence-electron chi connectivity index (χ2n) is 16.2. The van der Waals surface area contributed by atoms with Gasteiger partial charge in [-0.25, -0.2) is 13.4 Å². The summed E-state index contributed by atoms with van der Waals surface area (Å²) in [4.78, 5) is 63.4. The van der Waals surface area contributed by atoms with E-state index in [9.17, 15) is 27.6 Å². The third kappa shape index (κ3) is 7.72. The van der Waals surface area contributed by atoms with E-state index in [4.69, 9.17) is 9.72 Å². The summed E-state index contributed by atoms with van der Waals surface area (Å²) in [6, 6.07) is 15.5. The van der Waals surface area contributed by atoms with Crippen molar-refractivity contribution in [2.75, 3.05) is 31.5 Å². The smallest absolute Gasteiger partial charge is 0.255 e. The van der Waals surface area contributed by atoms with Gasteiger partial charge in [0, 0.05) is 87.1 Å². The molecule has 2 aromatic heterocycles. The van der Waals surface area contributed by atoms with E-state index in [2.05, 4.69) is 20.5 Å². The molecule has 4 aliphatic heterocycles. The molecule has 4 fully saturated rings. The fourth-order valence-electron chi connectivity index (χ4n) is 9.27. The van der Waals surface area contributed by atoms with Gasteiger partial charge in [-0.1, -0.05) is 31.0 Å². The number of imide groups is 1. The highest BCUT2D eigenvalue weighted by Crippen LogP contribution is 2.32. The summed E-state index contributed by atoms with van der Waals surface area (Å²) in [5.41, 5.74) is 3.18. The van der Waals surface area contributed by atoms with Crippen molar-refractivity contribution in [2.45, 2.75) is 106 Å². The van der Waals surface area contributed by atoms with Crippen LogP contribution >= 0.6 is 0 Å². The number of piperidine rings is 3. The number of benzene rings is 2. The molecule has 1 saturated carbocycles. The summed E-state index contributed by atoms with van der Waals surface area (Å²) in [7, 11) is -3.75. The monoisotopic (exact) mass is 808 g/mol. The maximum absolute atomic E-state index is 13.8. The molecule has 9 rings (SSSR count). The van der Waals surface area contributed by atoms with Crippen molar-refractivity contribution in [1.82, 2.24) is 34.0 Å². The minimum atomic E-state index is -3.75. The summed E-state index contributed by atoms with van der Waals surface area (Å²) < 4.78 is 37.3. The summed E-state index contributed by atoms with van der Waals surface area (Å²) in [6.45, 7) is 3.36. The van der Waals surface area contributed by atoms with Crippen LogP contribution in [0.3, 0.4) is 0 Å². The molecule has 3 amide bonds. The molecule has 1 atom stereocenters. The second-order valence-corrected chi connectivity index (χ2v) is 18.2. The Hall–Kier alpha value is -5.19. The predicted octanol–water partition coefficient (Wildman–Crippen LogP) is 3.98. The van der Waals surface area contributed by atoms with Crippen molar-refractivity contribution in [1.29, 1.82) is 0 Å². The second kappa shape index (κ2) is 15.9. The largest absolute Gasteiger partial charge is 0.490 e. The lowest BCUT2D eigenvalue weighted by molar-refractivity contribution is -0.136. The van der Waals surface area contributed by atoms with E-state index >= 15 is 0 Å². The molecule has 3 saturated heterocycles. The van der Waals surface area contributed by atoms with Crippen molar-refractivity contribution in [2.24, 2.45) is 0 Å². The minimum Gasteiger partial charge on any atom is -0.490 e. The highest BCUT2D eigenvalue weighted by atomic mass is 32.2. The summed E-state index contributed by atoms with van der Waals surface area (Å²) in [5.74, 6) is 0.0874. The molecule has 16 heteroatoms. The third-order valence-corrected chi connectivity index (χ3v) is 14.3. The Labute approximate surface area is 336 Å². The highest BCUT2D eigenvalue weighted by Gasteiger charge is 2.39. The molecular formula is C42H48N8O7S. The molecule has 2 N–H and O–H groups in total. The molecule has 58 heavy (non-hydrogen) atoms. The van der Waals surface area contributed by atoms with Crippen LogP contribution in [0.5, 0.6) is 5.75 Å². The number of anilines is 1. The third-order valence-electron chi connectivity index (χ3n) is 12.4. The number of pyridine rings is 1. The van der Waals surface area contributed by atoms with Crippen LogP contribution in [-0.4, -0.2) is 99.1 Å². The number of sulfonamides is 1. The standard InChI is InChI=1S/C42H48N8O7S/c51-37-12-11-36(40(53)45-37)49-26-29-22-27(8-10-35(29)41(49)54)25-47-18-16-32(17-19-47)57-33-6-3-7-34(23-33)58(55,56)48-20-14-30(15-21-48)44-42-43-24-28-9-13-38(52)50(39(28)46-42)31-4-1-2-5-31/h3,6-10,13,22-24,30-32,36H,1-2,4-5,11-12,14-21,25-26H2,(H,43,44,46)(H,45,51,53). The number of rotatable bonds is 10. The van der Waals surface area contributed by atoms with E-state index in [0.29, 0.717) is 68.3 Å². The van der Waals surface area contributed by atoms with Gasteiger partial charge < -0.3 is 15.0 Å². The van der Waals surface area contributed by atoms with Gasteiger partial charge in [0.15, 0.2) is 0 Å². The summed E-state index contributed by atoms with van der Waals surface area (Å²) >= 11 is 0. The maximum Gasteiger partial charge on any atom is 0.255 e. The maximum atomic E-state index is 13.8. The number of nitrogens with one attached hydrogen (secondary N) is 2. The first-order valence-corrected chi connectivity index (χ1v) is 21.9. The van der Waals surface area contributed by atoms with Crippen LogP contribution in [0.4, 0.5) is 5.95 Å². The lowest BCUT2D eigenvalue weighted by Gasteiger charge is -2.33. The number of hydrogen-bond donors (Lipinski definition) is 2. The molecule has 0 radical (unpaired) electrons. The molecule has 1 aliphatic carbocycles. The Morgan fingerprint density at radius 2 is 1.66 bits per heavy atom. The zero-order valence-electron chi connectivity index (χ0n) is 32.3. The van der Waals surface area contributed by atoms with Crippen LogP contribution in [0.2, 0.25) is 0 Å². The molecule has 4 aromatic rings. The first kappa shape index (κ1) is 38.3. The van der Waals surface area contributed by atoms with Gasteiger partial charge in [0.1, 0.15) is 23.5 Å². The first-order valence-electron chi connectivity index (χ1n) is 20.5. The molecule has 2 aromatic carbocycles. The number of aromatic nitrogens is 3. The molecule has 1 unspecified atom stereocenters. The highest BCUT2D eigenvalue weighted by molar-refractivity contribution is 7.89. The van der Waals surface area contributed by atoms with E-state index in [-0.39, 0.29) is 46.9 Å². The quantitative estimate of drug-likeness (QED) is 0.222. The van der Waals surface area contributed by atoms with Gasteiger partial charge in [-0.2, -0.15) is 9.29 Å². The number of hydrogen-bond acceptors (Lipinski definition) is 11. The van der Waals surface area contributed by atoms with Crippen LogP contribution in [0, 0.1) is 0 Å². The Kier molecular flexibility index (Phi) is 10.5. The van der Waals surface area contributed by atoms with Crippen molar-refractivity contribution in [3.63, 3.8) is 0 Å². The number of ether oxygens (including phenoxy) is 1. The van der Waals surface area contributed by atoms with Crippen molar-refractivity contribution in [3.8, 4) is 5.75 Å². The topological polar surface area (TPSA) is 176 Å². The normalized spacial score (nSPS) is 21.8. The Bertz CT molecular complexity index is 2420. The summed E-state index contributed by atoms with van der Waals surface area (Å²) in [5, 5.41) is 6.58. The summed E-state index contributed by atoms with van der Waals surface area (Å²) in [6.07, 6.45) is 9.13. The SMILES string of the molecule is O=C1CCC(N2Cc3cc(CN4CCC(Oc5cccc(S(=O)(=O)N6CCC(Nc7ncc8ccc(=O)n(C9CCCC9)c8n7)CC6)c5)CC4)ccc3C2=O)C(=O)N1. The van der Waals surface area contributed by atoms with Crippen molar-refractivity contribution in [3.05, 3.63) is 87.8 Å². The zero-order valence-corrected chi connectivity index (χ0v) is 33.2. The number of fused-ring (bicyclic) bond motifs is 2. The van der Waals surface area contributed by atoms with Crippen LogP contribution in [-0.2, 0) is 32.7 Å². The zero-order chi connectivity index (χ0) is 40.0. The van der Waals surface area contributed by atoms with Crippen LogP contribution in [0.1, 0.15) is 91.7 Å². The van der Waals surface area contributed by atoms with Gasteiger partial charge in [0.2, 0.25) is 27.8 Å². The van der Waals surface area contributed by atoms with Gasteiger partial charge in [-0.05, 0) is 80.3 Å². The molecule has 15 nitrogen and oxygen atoms in total. The van der Waals surface area contributed by atoms with Gasteiger partial charge in [0.25, 0.3) is 11.5 Å². The van der Waals surface area contributed by atoms with E-state index < -0.39 is 22.0 Å². The van der Waals surface area contributed by atoms with E-state index in [0.717, 1.165) is 68.1 Å². The van der Waals surface area contributed by atoms with Gasteiger partial charge in [0.05, 0.1) is 4.90 Å². The van der Waals surface area contributed by atoms with Crippen LogP contribution in [0.15, 0.2) is 70.5 Å². The average molecular weight is 809 g/mol. The molecule has 304 valence electrons. The number of carbonyl (C=O) groups excluding carboxylic acids is 3. The lowest BCUT2D eigenvalue weighted by atomic mass is 10.0. The van der Waals surface area contributed by atoms with Gasteiger partial charge >= 0.3 is 0 Å². The number of nitrogens with zero attached hydrogens (tertiary/aromatic N) is 6. The van der Waals surface area contributed by atoms with E-state index in [1.165, 1.54) is 4.31 Å². The van der Waals surface area contributed by atoms with Gasteiger partial charge in [-0.3, -0.25) is 34.0 Å². The fourth-order valence-corrected chi connectivity index (χ4v) is 10.8. The molecule has 0 bridgehead atoms. The molecule has 6 heterocycles.